The number of hydrogen-bond acceptors (Lipinski definition) is 4. The first-order chi connectivity index (χ1) is 13.9. The average molecular weight is 394 g/mol. The van der Waals surface area contributed by atoms with E-state index in [4.69, 9.17) is 0 Å². The second-order valence-corrected chi connectivity index (χ2v) is 6.20. The molecule has 144 valence electrons. The number of carbonyl (C=O) groups excluding carboxylic acids is 1. The highest BCUT2D eigenvalue weighted by Gasteiger charge is 2.30. The number of hydrogen-bond donors (Lipinski definition) is 1. The smallest absolute Gasteiger partial charge is 0.305 e. The molecule has 5 nitrogen and oxygen atoms in total. The molecule has 0 saturated heterocycles. The number of nitrogens with one attached hydrogen (secondary N) is 1. The molecule has 0 saturated carbocycles. The molecule has 8 heteroatoms. The zero-order valence-electron chi connectivity index (χ0n) is 14.8. The first kappa shape index (κ1) is 18.5. The third-order valence-electron chi connectivity index (χ3n) is 4.26. The van der Waals surface area contributed by atoms with Crippen molar-refractivity contribution in [3.8, 4) is 11.3 Å². The van der Waals surface area contributed by atoms with E-state index in [2.05, 4.69) is 20.3 Å². The van der Waals surface area contributed by atoms with Crippen LogP contribution in [-0.4, -0.2) is 20.9 Å². The zero-order chi connectivity index (χ0) is 20.4. The molecule has 0 aliphatic heterocycles. The van der Waals surface area contributed by atoms with Gasteiger partial charge in [-0.2, -0.15) is 13.2 Å². The van der Waals surface area contributed by atoms with E-state index in [0.29, 0.717) is 22.2 Å². The van der Waals surface area contributed by atoms with E-state index in [0.717, 1.165) is 12.1 Å². The van der Waals surface area contributed by atoms with Gasteiger partial charge in [-0.25, -0.2) is 9.97 Å². The summed E-state index contributed by atoms with van der Waals surface area (Å²) in [7, 11) is 0. The summed E-state index contributed by atoms with van der Waals surface area (Å²) in [6.45, 7) is 0. The van der Waals surface area contributed by atoms with Crippen molar-refractivity contribution in [3.05, 3.63) is 84.3 Å². The number of rotatable bonds is 3. The predicted molar refractivity (Wildman–Crippen MR) is 102 cm³/mol. The maximum atomic E-state index is 13.0. The number of amides is 1. The van der Waals surface area contributed by atoms with Crippen LogP contribution < -0.4 is 5.32 Å². The monoisotopic (exact) mass is 394 g/mol. The number of aromatic nitrogens is 3. The standard InChI is InChI=1S/C21H13F3N4O/c22-21(23,24)15-5-1-4-14(11-15)17-8-7-13-3-2-6-16(19(13)27-17)20(29)28-18-12-25-9-10-26-18/h1-12H,(H,26,28,29). The SMILES string of the molecule is O=C(Nc1cnccn1)c1cccc2ccc(-c3cccc(C(F)(F)F)c3)nc12. The Kier molecular flexibility index (Phi) is 4.67. The molecule has 0 spiro atoms. The van der Waals surface area contributed by atoms with E-state index in [1.807, 2.05) is 0 Å². The van der Waals surface area contributed by atoms with Gasteiger partial charge in [0.15, 0.2) is 5.82 Å². The van der Waals surface area contributed by atoms with Crippen LogP contribution in [0.4, 0.5) is 19.0 Å². The van der Waals surface area contributed by atoms with Crippen LogP contribution in [0.25, 0.3) is 22.2 Å². The van der Waals surface area contributed by atoms with Crippen LogP contribution in [0.2, 0.25) is 0 Å². The van der Waals surface area contributed by atoms with Gasteiger partial charge in [0.05, 0.1) is 28.5 Å². The van der Waals surface area contributed by atoms with E-state index in [1.54, 1.807) is 36.4 Å². The van der Waals surface area contributed by atoms with E-state index in [9.17, 15) is 18.0 Å². The van der Waals surface area contributed by atoms with Crippen LogP contribution in [0, 0.1) is 0 Å². The van der Waals surface area contributed by atoms with E-state index >= 15 is 0 Å². The van der Waals surface area contributed by atoms with Gasteiger partial charge < -0.3 is 5.32 Å². The fourth-order valence-corrected chi connectivity index (χ4v) is 2.89. The maximum Gasteiger partial charge on any atom is 0.416 e. The van der Waals surface area contributed by atoms with Crippen LogP contribution in [-0.2, 0) is 6.18 Å². The molecule has 0 unspecified atom stereocenters. The van der Waals surface area contributed by atoms with Gasteiger partial charge in [0, 0.05) is 23.3 Å². The van der Waals surface area contributed by atoms with E-state index < -0.39 is 17.6 Å². The Morgan fingerprint density at radius 2 is 1.79 bits per heavy atom. The molecule has 0 aliphatic rings. The molecule has 0 fully saturated rings. The highest BCUT2D eigenvalue weighted by Crippen LogP contribution is 2.32. The van der Waals surface area contributed by atoms with E-state index in [1.165, 1.54) is 24.7 Å². The lowest BCUT2D eigenvalue weighted by molar-refractivity contribution is -0.137. The number of pyridine rings is 1. The van der Waals surface area contributed by atoms with Crippen LogP contribution in [0.15, 0.2) is 73.2 Å². The average Bonchev–Trinajstić information content (AvgIpc) is 2.73. The highest BCUT2D eigenvalue weighted by molar-refractivity contribution is 6.11. The van der Waals surface area contributed by atoms with Gasteiger partial charge in [-0.1, -0.05) is 30.3 Å². The van der Waals surface area contributed by atoms with E-state index in [-0.39, 0.29) is 11.4 Å². The topological polar surface area (TPSA) is 67.8 Å². The van der Waals surface area contributed by atoms with Gasteiger partial charge in [-0.15, -0.1) is 0 Å². The van der Waals surface area contributed by atoms with Crippen LogP contribution in [0.5, 0.6) is 0 Å². The highest BCUT2D eigenvalue weighted by atomic mass is 19.4. The molecule has 2 aromatic carbocycles. The Labute approximate surface area is 163 Å². The Bertz CT molecular complexity index is 1190. The van der Waals surface area contributed by atoms with Crippen molar-refractivity contribution in [1.29, 1.82) is 0 Å². The lowest BCUT2D eigenvalue weighted by atomic mass is 10.0. The Hall–Kier alpha value is -3.81. The summed E-state index contributed by atoms with van der Waals surface area (Å²) < 4.78 is 39.1. The van der Waals surface area contributed by atoms with Crippen molar-refractivity contribution in [2.75, 3.05) is 5.32 Å². The minimum atomic E-state index is -4.45. The summed E-state index contributed by atoms with van der Waals surface area (Å²) >= 11 is 0. The molecule has 0 radical (unpaired) electrons. The number of para-hydroxylation sites is 1. The Morgan fingerprint density at radius 1 is 0.966 bits per heavy atom. The van der Waals surface area contributed by atoms with Crippen LogP contribution in [0.3, 0.4) is 0 Å². The fraction of sp³-hybridized carbons (Fsp3) is 0.0476. The molecule has 4 rings (SSSR count). The number of anilines is 1. The molecule has 2 aromatic heterocycles. The third kappa shape index (κ3) is 3.91. The predicted octanol–water partition coefficient (Wildman–Crippen LogP) is 4.96. The molecule has 1 N–H and O–H groups in total. The number of fused-ring (bicyclic) bond motifs is 1. The quantitative estimate of drug-likeness (QED) is 0.533. The summed E-state index contributed by atoms with van der Waals surface area (Å²) in [5.74, 6) is -0.159. The molecular weight excluding hydrogens is 381 g/mol. The second kappa shape index (κ2) is 7.31. The molecule has 4 aromatic rings. The lowest BCUT2D eigenvalue weighted by Crippen LogP contribution is -2.14. The number of alkyl halides is 3. The van der Waals surface area contributed by atoms with Gasteiger partial charge in [0.2, 0.25) is 0 Å². The molecule has 0 atom stereocenters. The van der Waals surface area contributed by atoms with Crippen molar-refractivity contribution in [2.24, 2.45) is 0 Å². The number of halogens is 3. The molecule has 1 amide bonds. The van der Waals surface area contributed by atoms with Crippen molar-refractivity contribution in [2.45, 2.75) is 6.18 Å². The van der Waals surface area contributed by atoms with Crippen molar-refractivity contribution in [1.82, 2.24) is 15.0 Å². The second-order valence-electron chi connectivity index (χ2n) is 6.20. The van der Waals surface area contributed by atoms with Crippen molar-refractivity contribution < 1.29 is 18.0 Å². The normalized spacial score (nSPS) is 11.4. The largest absolute Gasteiger partial charge is 0.416 e. The molecule has 0 bridgehead atoms. The number of carbonyl (C=O) groups is 1. The summed E-state index contributed by atoms with van der Waals surface area (Å²) in [4.78, 5) is 25.1. The Balaban J connectivity index is 1.76. The summed E-state index contributed by atoms with van der Waals surface area (Å²) in [6.07, 6.45) is -0.113. The van der Waals surface area contributed by atoms with Gasteiger partial charge >= 0.3 is 6.18 Å². The van der Waals surface area contributed by atoms with Crippen molar-refractivity contribution in [3.63, 3.8) is 0 Å². The molecular formula is C21H13F3N4O. The van der Waals surface area contributed by atoms with Gasteiger partial charge in [-0.3, -0.25) is 9.78 Å². The Morgan fingerprint density at radius 3 is 2.55 bits per heavy atom. The summed E-state index contributed by atoms with van der Waals surface area (Å²) in [5, 5.41) is 3.32. The number of nitrogens with zero attached hydrogens (tertiary/aromatic N) is 3. The van der Waals surface area contributed by atoms with Gasteiger partial charge in [-0.05, 0) is 24.3 Å². The van der Waals surface area contributed by atoms with Gasteiger partial charge in [0.1, 0.15) is 0 Å². The first-order valence-corrected chi connectivity index (χ1v) is 8.56. The van der Waals surface area contributed by atoms with Crippen molar-refractivity contribution >= 4 is 22.6 Å². The fourth-order valence-electron chi connectivity index (χ4n) is 2.89. The molecule has 2 heterocycles. The minimum Gasteiger partial charge on any atom is -0.305 e. The van der Waals surface area contributed by atoms with Gasteiger partial charge in [0.25, 0.3) is 5.91 Å². The third-order valence-corrected chi connectivity index (χ3v) is 4.26. The summed E-state index contributed by atoms with van der Waals surface area (Å²) in [6, 6.07) is 13.3. The first-order valence-electron chi connectivity index (χ1n) is 8.56. The lowest BCUT2D eigenvalue weighted by Gasteiger charge is -2.10. The number of benzene rings is 2. The zero-order valence-corrected chi connectivity index (χ0v) is 14.8. The minimum absolute atomic E-state index is 0.280. The van der Waals surface area contributed by atoms with Crippen LogP contribution in [0.1, 0.15) is 15.9 Å². The van der Waals surface area contributed by atoms with Crippen LogP contribution >= 0.6 is 0 Å². The molecule has 29 heavy (non-hydrogen) atoms. The molecule has 0 aliphatic carbocycles. The summed E-state index contributed by atoms with van der Waals surface area (Å²) in [5.41, 5.74) is 0.547. The maximum absolute atomic E-state index is 13.0.